The van der Waals surface area contributed by atoms with E-state index in [1.807, 2.05) is 4.90 Å². The Morgan fingerprint density at radius 3 is 2.56 bits per heavy atom. The van der Waals surface area contributed by atoms with Crippen LogP contribution in [0.2, 0.25) is 0 Å². The van der Waals surface area contributed by atoms with E-state index in [0.717, 1.165) is 32.1 Å². The van der Waals surface area contributed by atoms with Crippen molar-refractivity contribution >= 4 is 11.8 Å². The van der Waals surface area contributed by atoms with E-state index in [0.29, 0.717) is 5.82 Å². The minimum atomic E-state index is -0.388. The van der Waals surface area contributed by atoms with Crippen LogP contribution in [0.25, 0.3) is 0 Å². The van der Waals surface area contributed by atoms with Crippen LogP contribution < -0.4 is 16.2 Å². The van der Waals surface area contributed by atoms with Crippen molar-refractivity contribution < 1.29 is 4.39 Å². The highest BCUT2D eigenvalue weighted by Gasteiger charge is 2.16. The van der Waals surface area contributed by atoms with Crippen molar-refractivity contribution in [2.45, 2.75) is 25.7 Å². The predicted octanol–water partition coefficient (Wildman–Crippen LogP) is 1.28. The zero-order chi connectivity index (χ0) is 11.4. The van der Waals surface area contributed by atoms with Gasteiger partial charge >= 0.3 is 0 Å². The monoisotopic (exact) mass is 225 g/mol. The number of hydrogen-bond donors (Lipinski definition) is 2. The van der Waals surface area contributed by atoms with E-state index in [-0.39, 0.29) is 11.8 Å². The molecule has 1 aromatic rings. The molecule has 2 heterocycles. The molecule has 16 heavy (non-hydrogen) atoms. The molecule has 0 unspecified atom stereocenters. The van der Waals surface area contributed by atoms with Gasteiger partial charge < -0.3 is 4.90 Å². The highest BCUT2D eigenvalue weighted by atomic mass is 19.1. The normalized spacial score (nSPS) is 17.0. The first kappa shape index (κ1) is 11.1. The third kappa shape index (κ3) is 2.38. The number of nitrogens with one attached hydrogen (secondary N) is 1. The minimum Gasteiger partial charge on any atom is -0.354 e. The van der Waals surface area contributed by atoms with Crippen LogP contribution in [0.3, 0.4) is 0 Å². The van der Waals surface area contributed by atoms with Crippen LogP contribution >= 0.6 is 0 Å². The average Bonchev–Trinajstić information content (AvgIpc) is 2.58. The highest BCUT2D eigenvalue weighted by molar-refractivity contribution is 5.43. The number of anilines is 2. The number of hydrogen-bond acceptors (Lipinski definition) is 5. The summed E-state index contributed by atoms with van der Waals surface area (Å²) >= 11 is 0. The second-order valence-electron chi connectivity index (χ2n) is 3.91. The molecule has 0 amide bonds. The fourth-order valence-corrected chi connectivity index (χ4v) is 1.93. The van der Waals surface area contributed by atoms with Gasteiger partial charge in [0.2, 0.25) is 5.95 Å². The molecule has 1 fully saturated rings. The molecule has 2 rings (SSSR count). The van der Waals surface area contributed by atoms with E-state index in [2.05, 4.69) is 15.4 Å². The predicted molar refractivity (Wildman–Crippen MR) is 60.5 cm³/mol. The maximum Gasteiger partial charge on any atom is 0.239 e. The lowest BCUT2D eigenvalue weighted by Crippen LogP contribution is -2.27. The van der Waals surface area contributed by atoms with Gasteiger partial charge in [0, 0.05) is 13.1 Å². The van der Waals surface area contributed by atoms with Gasteiger partial charge in [0.1, 0.15) is 0 Å². The zero-order valence-electron chi connectivity index (χ0n) is 9.12. The fourth-order valence-electron chi connectivity index (χ4n) is 1.93. The maximum atomic E-state index is 13.6. The largest absolute Gasteiger partial charge is 0.354 e. The minimum absolute atomic E-state index is 0.251. The van der Waals surface area contributed by atoms with E-state index in [1.165, 1.54) is 12.8 Å². The van der Waals surface area contributed by atoms with Gasteiger partial charge in [-0.15, -0.1) is 0 Å². The lowest BCUT2D eigenvalue weighted by molar-refractivity contribution is 0.601. The lowest BCUT2D eigenvalue weighted by atomic mass is 10.2. The van der Waals surface area contributed by atoms with Gasteiger partial charge in [0.15, 0.2) is 11.6 Å². The molecule has 1 aliphatic rings. The third-order valence-electron chi connectivity index (χ3n) is 2.76. The SMILES string of the molecule is NNc1ncc(F)c(N2CCCCCC2)n1. The first-order valence-electron chi connectivity index (χ1n) is 5.55. The van der Waals surface area contributed by atoms with E-state index in [9.17, 15) is 4.39 Å². The smallest absolute Gasteiger partial charge is 0.239 e. The Labute approximate surface area is 93.8 Å². The molecule has 1 aliphatic heterocycles. The lowest BCUT2D eigenvalue weighted by Gasteiger charge is -2.21. The summed E-state index contributed by atoms with van der Waals surface area (Å²) in [7, 11) is 0. The summed E-state index contributed by atoms with van der Waals surface area (Å²) in [6.07, 6.45) is 5.71. The molecule has 0 aliphatic carbocycles. The van der Waals surface area contributed by atoms with Crippen LogP contribution in [-0.2, 0) is 0 Å². The number of aromatic nitrogens is 2. The zero-order valence-corrected chi connectivity index (χ0v) is 9.12. The number of rotatable bonds is 2. The third-order valence-corrected chi connectivity index (χ3v) is 2.76. The van der Waals surface area contributed by atoms with Gasteiger partial charge in [0.05, 0.1) is 6.20 Å². The summed E-state index contributed by atoms with van der Waals surface area (Å²) in [5, 5.41) is 0. The molecule has 0 aromatic carbocycles. The van der Waals surface area contributed by atoms with Crippen molar-refractivity contribution in [2.75, 3.05) is 23.4 Å². The standard InChI is InChI=1S/C10H16FN5/c11-8-7-13-10(15-12)14-9(8)16-5-3-1-2-4-6-16/h7H,1-6,12H2,(H,13,14,15). The van der Waals surface area contributed by atoms with Crippen LogP contribution in [0.4, 0.5) is 16.2 Å². The molecule has 0 saturated carbocycles. The Kier molecular flexibility index (Phi) is 3.51. The van der Waals surface area contributed by atoms with Gasteiger partial charge in [-0.1, -0.05) is 12.8 Å². The fraction of sp³-hybridized carbons (Fsp3) is 0.600. The Bertz CT molecular complexity index is 349. The molecule has 0 spiro atoms. The summed E-state index contributed by atoms with van der Waals surface area (Å²) < 4.78 is 13.6. The number of hydrazine groups is 1. The summed E-state index contributed by atoms with van der Waals surface area (Å²) in [5.74, 6) is 5.43. The van der Waals surface area contributed by atoms with Crippen LogP contribution in [0.15, 0.2) is 6.20 Å². The van der Waals surface area contributed by atoms with Gasteiger partial charge in [-0.3, -0.25) is 5.43 Å². The second kappa shape index (κ2) is 5.07. The van der Waals surface area contributed by atoms with Crippen molar-refractivity contribution in [3.8, 4) is 0 Å². The van der Waals surface area contributed by atoms with E-state index < -0.39 is 0 Å². The Hall–Kier alpha value is -1.43. The molecule has 0 bridgehead atoms. The number of nitrogens with two attached hydrogens (primary N) is 1. The molecule has 3 N–H and O–H groups in total. The van der Waals surface area contributed by atoms with E-state index in [1.54, 1.807) is 0 Å². The molecule has 1 saturated heterocycles. The summed E-state index contributed by atoms with van der Waals surface area (Å²) in [6.45, 7) is 1.69. The number of halogens is 1. The first-order chi connectivity index (χ1) is 7.81. The molecular weight excluding hydrogens is 209 g/mol. The topological polar surface area (TPSA) is 67.1 Å². The van der Waals surface area contributed by atoms with Gasteiger partial charge in [-0.05, 0) is 12.8 Å². The average molecular weight is 225 g/mol. The van der Waals surface area contributed by atoms with Gasteiger partial charge in [-0.25, -0.2) is 15.2 Å². The van der Waals surface area contributed by atoms with Crippen molar-refractivity contribution in [1.29, 1.82) is 0 Å². The van der Waals surface area contributed by atoms with Crippen LogP contribution in [0.1, 0.15) is 25.7 Å². The first-order valence-corrected chi connectivity index (χ1v) is 5.55. The highest BCUT2D eigenvalue weighted by Crippen LogP contribution is 2.20. The van der Waals surface area contributed by atoms with Crippen LogP contribution in [-0.4, -0.2) is 23.1 Å². The van der Waals surface area contributed by atoms with Crippen LogP contribution in [0.5, 0.6) is 0 Å². The molecule has 1 aromatic heterocycles. The van der Waals surface area contributed by atoms with Crippen molar-refractivity contribution in [3.63, 3.8) is 0 Å². The number of nitrogens with zero attached hydrogens (tertiary/aromatic N) is 3. The quantitative estimate of drug-likeness (QED) is 0.586. The summed E-state index contributed by atoms with van der Waals surface area (Å²) in [5.41, 5.74) is 2.33. The van der Waals surface area contributed by atoms with Crippen LogP contribution in [0, 0.1) is 5.82 Å². The van der Waals surface area contributed by atoms with Gasteiger partial charge in [0.25, 0.3) is 0 Å². The summed E-state index contributed by atoms with van der Waals surface area (Å²) in [4.78, 5) is 9.75. The van der Waals surface area contributed by atoms with E-state index in [4.69, 9.17) is 5.84 Å². The molecule has 0 radical (unpaired) electrons. The Balaban J connectivity index is 2.22. The van der Waals surface area contributed by atoms with Crippen molar-refractivity contribution in [3.05, 3.63) is 12.0 Å². The van der Waals surface area contributed by atoms with E-state index >= 15 is 0 Å². The molecule has 88 valence electrons. The van der Waals surface area contributed by atoms with Crippen molar-refractivity contribution in [2.24, 2.45) is 5.84 Å². The molecule has 5 nitrogen and oxygen atoms in total. The Morgan fingerprint density at radius 2 is 1.94 bits per heavy atom. The Morgan fingerprint density at radius 1 is 1.25 bits per heavy atom. The summed E-state index contributed by atoms with van der Waals surface area (Å²) in [6, 6.07) is 0. The molecular formula is C10H16FN5. The van der Waals surface area contributed by atoms with Crippen molar-refractivity contribution in [1.82, 2.24) is 9.97 Å². The second-order valence-corrected chi connectivity index (χ2v) is 3.91. The molecule has 0 atom stereocenters. The number of nitrogen functional groups attached to an aromatic ring is 1. The maximum absolute atomic E-state index is 13.6. The molecule has 6 heteroatoms. The van der Waals surface area contributed by atoms with Gasteiger partial charge in [-0.2, -0.15) is 4.98 Å².